The van der Waals surface area contributed by atoms with Crippen molar-refractivity contribution in [1.82, 2.24) is 9.78 Å². The molecule has 0 saturated carbocycles. The van der Waals surface area contributed by atoms with Gasteiger partial charge in [0.1, 0.15) is 0 Å². The second kappa shape index (κ2) is 5.00. The molecule has 0 atom stereocenters. The zero-order valence-corrected chi connectivity index (χ0v) is 10.9. The highest BCUT2D eigenvalue weighted by Crippen LogP contribution is 2.35. The van der Waals surface area contributed by atoms with Gasteiger partial charge in [0.15, 0.2) is 0 Å². The summed E-state index contributed by atoms with van der Waals surface area (Å²) < 4.78 is 40.5. The van der Waals surface area contributed by atoms with Gasteiger partial charge >= 0.3 is 6.18 Å². The van der Waals surface area contributed by atoms with E-state index in [1.54, 1.807) is 23.0 Å². The molecule has 0 saturated heterocycles. The Morgan fingerprint density at radius 3 is 2.50 bits per heavy atom. The minimum atomic E-state index is -4.55. The highest BCUT2D eigenvalue weighted by atomic mass is 19.4. The minimum Gasteiger partial charge on any atom is -0.262 e. The summed E-state index contributed by atoms with van der Waals surface area (Å²) in [4.78, 5) is 0. The predicted octanol–water partition coefficient (Wildman–Crippen LogP) is 4.02. The van der Waals surface area contributed by atoms with Gasteiger partial charge in [-0.2, -0.15) is 23.5 Å². The fourth-order valence-electron chi connectivity index (χ4n) is 1.99. The van der Waals surface area contributed by atoms with Crippen LogP contribution in [0.3, 0.4) is 0 Å². The van der Waals surface area contributed by atoms with Gasteiger partial charge in [0.2, 0.25) is 0 Å². The van der Waals surface area contributed by atoms with Crippen LogP contribution in [-0.2, 0) is 6.18 Å². The van der Waals surface area contributed by atoms with Crippen LogP contribution in [-0.4, -0.2) is 9.78 Å². The van der Waals surface area contributed by atoms with Crippen molar-refractivity contribution in [3.8, 4) is 17.3 Å². The number of rotatable bonds is 2. The number of halogens is 3. The molecule has 0 radical (unpaired) electrons. The second-order valence-corrected chi connectivity index (χ2v) is 4.62. The van der Waals surface area contributed by atoms with Crippen LogP contribution in [0, 0.1) is 11.3 Å². The molecule has 6 heteroatoms. The first-order valence-corrected chi connectivity index (χ1v) is 6.00. The van der Waals surface area contributed by atoms with Crippen LogP contribution in [0.15, 0.2) is 30.5 Å². The molecule has 2 rings (SSSR count). The van der Waals surface area contributed by atoms with Gasteiger partial charge in [-0.1, -0.05) is 6.07 Å². The van der Waals surface area contributed by atoms with Crippen molar-refractivity contribution in [3.05, 3.63) is 41.6 Å². The number of nitrogens with zero attached hydrogens (tertiary/aromatic N) is 3. The van der Waals surface area contributed by atoms with Crippen molar-refractivity contribution in [2.75, 3.05) is 0 Å². The number of hydrogen-bond donors (Lipinski definition) is 0. The van der Waals surface area contributed by atoms with E-state index in [2.05, 4.69) is 5.10 Å². The molecule has 1 heterocycles. The SMILES string of the molecule is CC(C)n1nccc1-c1ccc(C#N)c(C(F)(F)F)c1. The molecule has 0 spiro atoms. The third-order valence-electron chi connectivity index (χ3n) is 2.90. The van der Waals surface area contributed by atoms with Crippen LogP contribution in [0.4, 0.5) is 13.2 Å². The third kappa shape index (κ3) is 2.52. The van der Waals surface area contributed by atoms with Crippen molar-refractivity contribution in [3.63, 3.8) is 0 Å². The summed E-state index contributed by atoms with van der Waals surface area (Å²) in [5.74, 6) is 0. The minimum absolute atomic E-state index is 0.0324. The predicted molar refractivity (Wildman–Crippen MR) is 67.8 cm³/mol. The normalized spacial score (nSPS) is 11.7. The van der Waals surface area contributed by atoms with Gasteiger partial charge in [-0.15, -0.1) is 0 Å². The Hall–Kier alpha value is -2.29. The van der Waals surface area contributed by atoms with E-state index in [0.29, 0.717) is 11.3 Å². The molecule has 0 bridgehead atoms. The van der Waals surface area contributed by atoms with E-state index in [-0.39, 0.29) is 11.6 Å². The van der Waals surface area contributed by atoms with Crippen LogP contribution in [0.5, 0.6) is 0 Å². The molecule has 0 N–H and O–H groups in total. The van der Waals surface area contributed by atoms with Crippen LogP contribution >= 0.6 is 0 Å². The summed E-state index contributed by atoms with van der Waals surface area (Å²) in [5, 5.41) is 12.9. The molecule has 2 aromatic rings. The molecule has 0 fully saturated rings. The molecule has 3 nitrogen and oxygen atoms in total. The molecule has 0 aliphatic heterocycles. The molecule has 1 aromatic heterocycles. The molecule has 104 valence electrons. The Labute approximate surface area is 114 Å². The summed E-state index contributed by atoms with van der Waals surface area (Å²) >= 11 is 0. The highest BCUT2D eigenvalue weighted by molar-refractivity contribution is 5.63. The lowest BCUT2D eigenvalue weighted by Crippen LogP contribution is -2.09. The number of alkyl halides is 3. The zero-order chi connectivity index (χ0) is 14.9. The van der Waals surface area contributed by atoms with Crippen LogP contribution in [0.1, 0.15) is 31.0 Å². The first-order valence-electron chi connectivity index (χ1n) is 6.00. The van der Waals surface area contributed by atoms with Crippen molar-refractivity contribution in [2.45, 2.75) is 26.1 Å². The van der Waals surface area contributed by atoms with Crippen molar-refractivity contribution < 1.29 is 13.2 Å². The Bertz CT molecular complexity index is 663. The molecule has 0 aliphatic rings. The Kier molecular flexibility index (Phi) is 3.53. The number of benzene rings is 1. The van der Waals surface area contributed by atoms with Crippen molar-refractivity contribution in [2.24, 2.45) is 0 Å². The topological polar surface area (TPSA) is 41.6 Å². The fourth-order valence-corrected chi connectivity index (χ4v) is 1.99. The van der Waals surface area contributed by atoms with Gasteiger partial charge in [-0.05, 0) is 32.0 Å². The maximum Gasteiger partial charge on any atom is 0.417 e. The lowest BCUT2D eigenvalue weighted by molar-refractivity contribution is -0.137. The lowest BCUT2D eigenvalue weighted by atomic mass is 10.0. The largest absolute Gasteiger partial charge is 0.417 e. The average Bonchev–Trinajstić information content (AvgIpc) is 2.86. The van der Waals surface area contributed by atoms with Gasteiger partial charge in [-0.25, -0.2) is 0 Å². The molecule has 0 amide bonds. The number of aromatic nitrogens is 2. The molecule has 1 aromatic carbocycles. The average molecular weight is 279 g/mol. The van der Waals surface area contributed by atoms with Crippen molar-refractivity contribution >= 4 is 0 Å². The molecule has 0 unspecified atom stereocenters. The molecular formula is C14H12F3N3. The maximum absolute atomic E-state index is 12.9. The standard InChI is InChI=1S/C14H12F3N3/c1-9(2)20-13(5-6-19-20)10-3-4-11(8-18)12(7-10)14(15,16)17/h3-7,9H,1-2H3. The number of nitriles is 1. The smallest absolute Gasteiger partial charge is 0.262 e. The first-order chi connectivity index (χ1) is 9.34. The van der Waals surface area contributed by atoms with Gasteiger partial charge in [0, 0.05) is 17.8 Å². The quantitative estimate of drug-likeness (QED) is 0.833. The summed E-state index contributed by atoms with van der Waals surface area (Å²) in [6.07, 6.45) is -3.01. The van der Waals surface area contributed by atoms with E-state index >= 15 is 0 Å². The molecule has 20 heavy (non-hydrogen) atoms. The first kappa shape index (κ1) is 14.1. The van der Waals surface area contributed by atoms with E-state index in [9.17, 15) is 13.2 Å². The van der Waals surface area contributed by atoms with Gasteiger partial charge in [0.05, 0.1) is 22.9 Å². The van der Waals surface area contributed by atoms with Gasteiger partial charge in [-0.3, -0.25) is 4.68 Å². The Balaban J connectivity index is 2.60. The Morgan fingerprint density at radius 1 is 1.25 bits per heavy atom. The number of hydrogen-bond acceptors (Lipinski definition) is 2. The summed E-state index contributed by atoms with van der Waals surface area (Å²) in [6, 6.07) is 6.94. The van der Waals surface area contributed by atoms with E-state index in [0.717, 1.165) is 6.07 Å². The third-order valence-corrected chi connectivity index (χ3v) is 2.90. The fraction of sp³-hybridized carbons (Fsp3) is 0.286. The maximum atomic E-state index is 12.9. The summed E-state index contributed by atoms with van der Waals surface area (Å²) in [5.41, 5.74) is -0.316. The second-order valence-electron chi connectivity index (χ2n) is 4.62. The van der Waals surface area contributed by atoms with E-state index in [4.69, 9.17) is 5.26 Å². The van der Waals surface area contributed by atoms with Gasteiger partial charge < -0.3 is 0 Å². The monoisotopic (exact) mass is 279 g/mol. The lowest BCUT2D eigenvalue weighted by Gasteiger charge is -2.14. The van der Waals surface area contributed by atoms with E-state index < -0.39 is 11.7 Å². The summed E-state index contributed by atoms with van der Waals surface area (Å²) in [6.45, 7) is 3.79. The van der Waals surface area contributed by atoms with E-state index in [1.165, 1.54) is 12.1 Å². The molecule has 0 aliphatic carbocycles. The molecular weight excluding hydrogens is 267 g/mol. The van der Waals surface area contributed by atoms with E-state index in [1.807, 2.05) is 13.8 Å². The van der Waals surface area contributed by atoms with Crippen LogP contribution < -0.4 is 0 Å². The van der Waals surface area contributed by atoms with Crippen LogP contribution in [0.25, 0.3) is 11.3 Å². The zero-order valence-electron chi connectivity index (χ0n) is 10.9. The highest BCUT2D eigenvalue weighted by Gasteiger charge is 2.34. The van der Waals surface area contributed by atoms with Crippen molar-refractivity contribution in [1.29, 1.82) is 5.26 Å². The Morgan fingerprint density at radius 2 is 1.95 bits per heavy atom. The van der Waals surface area contributed by atoms with Crippen LogP contribution in [0.2, 0.25) is 0 Å². The summed E-state index contributed by atoms with van der Waals surface area (Å²) in [7, 11) is 0. The van der Waals surface area contributed by atoms with Gasteiger partial charge in [0.25, 0.3) is 0 Å².